The lowest BCUT2D eigenvalue weighted by molar-refractivity contribution is 0.0483. The van der Waals surface area contributed by atoms with Gasteiger partial charge in [-0.1, -0.05) is 64.2 Å². The van der Waals surface area contributed by atoms with E-state index in [-0.39, 0.29) is 29.1 Å². The van der Waals surface area contributed by atoms with Gasteiger partial charge < -0.3 is 34.7 Å². The fourth-order valence-corrected chi connectivity index (χ4v) is 4.99. The van der Waals surface area contributed by atoms with Gasteiger partial charge in [0.2, 0.25) is 0 Å². The van der Waals surface area contributed by atoms with Crippen molar-refractivity contribution in [1.29, 1.82) is 0 Å². The van der Waals surface area contributed by atoms with Crippen molar-refractivity contribution in [3.05, 3.63) is 57.9 Å². The number of fused-ring (bicyclic) bond motifs is 1. The predicted octanol–water partition coefficient (Wildman–Crippen LogP) is 5.89. The van der Waals surface area contributed by atoms with Gasteiger partial charge >= 0.3 is 0 Å². The molecule has 2 unspecified atom stereocenters. The van der Waals surface area contributed by atoms with Crippen LogP contribution in [-0.4, -0.2) is 44.9 Å². The van der Waals surface area contributed by atoms with Crippen molar-refractivity contribution in [3.8, 4) is 11.5 Å². The number of methoxy groups -OCH3 is 1. The molecule has 1 aliphatic carbocycles. The van der Waals surface area contributed by atoms with Crippen LogP contribution < -0.4 is 10.2 Å². The van der Waals surface area contributed by atoms with Crippen molar-refractivity contribution in [2.75, 3.05) is 13.7 Å². The highest BCUT2D eigenvalue weighted by atomic mass is 16.5. The maximum Gasteiger partial charge on any atom is 0.196 e. The van der Waals surface area contributed by atoms with E-state index >= 15 is 0 Å². The van der Waals surface area contributed by atoms with Gasteiger partial charge in [-0.2, -0.15) is 0 Å². The Morgan fingerprint density at radius 3 is 2.05 bits per heavy atom. The summed E-state index contributed by atoms with van der Waals surface area (Å²) in [7, 11) is 1.43. The molecule has 1 aromatic heterocycles. The summed E-state index contributed by atoms with van der Waals surface area (Å²) in [6, 6.07) is 4.00. The van der Waals surface area contributed by atoms with Gasteiger partial charge in [-0.3, -0.25) is 4.79 Å². The third-order valence-corrected chi connectivity index (χ3v) is 7.09. The summed E-state index contributed by atoms with van der Waals surface area (Å²) in [5.74, 6) is -1.57. The van der Waals surface area contributed by atoms with Crippen LogP contribution in [0.4, 0.5) is 0 Å². The molecule has 5 N–H and O–H groups in total. The fourth-order valence-electron chi connectivity index (χ4n) is 4.99. The number of phenols is 1. The van der Waals surface area contributed by atoms with Crippen molar-refractivity contribution in [3.63, 3.8) is 0 Å². The van der Waals surface area contributed by atoms with Crippen molar-refractivity contribution in [1.82, 2.24) is 0 Å². The number of hydrogen-bond acceptors (Lipinski definition) is 8. The molecule has 37 heavy (non-hydrogen) atoms. The van der Waals surface area contributed by atoms with Crippen LogP contribution in [0, 0.1) is 0 Å². The van der Waals surface area contributed by atoms with Crippen molar-refractivity contribution in [2.24, 2.45) is 0 Å². The number of benzene rings is 1. The first-order valence-corrected chi connectivity index (χ1v) is 13.3. The van der Waals surface area contributed by atoms with E-state index in [9.17, 15) is 25.2 Å². The fraction of sp³-hybridized carbons (Fsp3) is 0.552. The molecular weight excluding hydrogens is 476 g/mol. The van der Waals surface area contributed by atoms with Crippen LogP contribution in [0.3, 0.4) is 0 Å². The second-order valence-corrected chi connectivity index (χ2v) is 9.95. The van der Waals surface area contributed by atoms with E-state index in [2.05, 4.69) is 0 Å². The lowest BCUT2D eigenvalue weighted by Crippen LogP contribution is -2.36. The zero-order valence-electron chi connectivity index (χ0n) is 21.6. The number of aliphatic hydroxyl groups excluding tert-OH is 3. The molecule has 8 nitrogen and oxygen atoms in total. The summed E-state index contributed by atoms with van der Waals surface area (Å²) in [6.45, 7) is 0.277. The van der Waals surface area contributed by atoms with Crippen LogP contribution in [0.5, 0.6) is 11.5 Å². The van der Waals surface area contributed by atoms with E-state index in [1.165, 1.54) is 69.6 Å². The van der Waals surface area contributed by atoms with Crippen molar-refractivity contribution < 1.29 is 34.7 Å². The highest BCUT2D eigenvalue weighted by Gasteiger charge is 2.40. The number of hydrogen-bond donors (Lipinski definition) is 5. The van der Waals surface area contributed by atoms with Crippen molar-refractivity contribution >= 4 is 11.0 Å². The van der Waals surface area contributed by atoms with Crippen LogP contribution in [-0.2, 0) is 0 Å². The average molecular weight is 517 g/mol. The van der Waals surface area contributed by atoms with Crippen LogP contribution in [0.15, 0.2) is 51.1 Å². The minimum absolute atomic E-state index is 0.000601. The smallest absolute Gasteiger partial charge is 0.196 e. The van der Waals surface area contributed by atoms with Gasteiger partial charge in [0.1, 0.15) is 33.8 Å². The quantitative estimate of drug-likeness (QED) is 0.185. The molecule has 0 saturated heterocycles. The molecule has 2 atom stereocenters. The van der Waals surface area contributed by atoms with E-state index < -0.39 is 28.5 Å². The molecular formula is C29H40O8. The first-order valence-electron chi connectivity index (χ1n) is 13.3. The minimum Gasteiger partial charge on any atom is -0.507 e. The molecule has 8 heteroatoms. The van der Waals surface area contributed by atoms with E-state index in [4.69, 9.17) is 14.3 Å². The largest absolute Gasteiger partial charge is 0.507 e. The topological polar surface area (TPSA) is 141 Å². The Bertz CT molecular complexity index is 1150. The molecule has 204 valence electrons. The van der Waals surface area contributed by atoms with Gasteiger partial charge in [0, 0.05) is 24.8 Å². The Morgan fingerprint density at radius 2 is 1.46 bits per heavy atom. The minimum atomic E-state index is -1.56. The maximum absolute atomic E-state index is 12.8. The SMILES string of the molecule is COc1cc(O)c2c(=O)cc(C3C=C(O)C(O)=CC3(O)CCCCCCCCCCCCCO)oc2c1. The molecule has 0 bridgehead atoms. The Morgan fingerprint density at radius 1 is 0.865 bits per heavy atom. The Kier molecular flexibility index (Phi) is 10.5. The van der Waals surface area contributed by atoms with E-state index in [1.54, 1.807) is 0 Å². The highest BCUT2D eigenvalue weighted by molar-refractivity contribution is 5.84. The van der Waals surface area contributed by atoms with Crippen LogP contribution in [0.25, 0.3) is 11.0 Å². The summed E-state index contributed by atoms with van der Waals surface area (Å²) in [5.41, 5.74) is -1.95. The molecule has 0 amide bonds. The average Bonchev–Trinajstić information content (AvgIpc) is 2.86. The molecule has 2 aromatic rings. The second kappa shape index (κ2) is 13.5. The summed E-state index contributed by atoms with van der Waals surface area (Å²) in [5, 5.41) is 50.8. The summed E-state index contributed by atoms with van der Waals surface area (Å²) in [6.07, 6.45) is 14.5. The first-order chi connectivity index (χ1) is 17.8. The molecule has 0 radical (unpaired) electrons. The van der Waals surface area contributed by atoms with Crippen LogP contribution in [0.1, 0.15) is 88.7 Å². The van der Waals surface area contributed by atoms with Crippen molar-refractivity contribution in [2.45, 2.75) is 88.6 Å². The number of ether oxygens (including phenoxy) is 1. The molecule has 0 saturated carbocycles. The van der Waals surface area contributed by atoms with Gasteiger partial charge in [0.15, 0.2) is 16.9 Å². The lowest BCUT2D eigenvalue weighted by atomic mass is 9.77. The van der Waals surface area contributed by atoms with Gasteiger partial charge in [0.05, 0.1) is 13.0 Å². The number of phenolic OH excluding ortho intramolecular Hbond substituents is 1. The third kappa shape index (κ3) is 7.52. The van der Waals surface area contributed by atoms with Gasteiger partial charge in [0.25, 0.3) is 0 Å². The van der Waals surface area contributed by atoms with E-state index in [0.29, 0.717) is 18.6 Å². The second-order valence-electron chi connectivity index (χ2n) is 9.95. The van der Waals surface area contributed by atoms with Gasteiger partial charge in [-0.05, 0) is 25.0 Å². The van der Waals surface area contributed by atoms with Crippen LogP contribution in [0.2, 0.25) is 0 Å². The van der Waals surface area contributed by atoms with E-state index in [1.807, 2.05) is 0 Å². The summed E-state index contributed by atoms with van der Waals surface area (Å²) < 4.78 is 11.1. The predicted molar refractivity (Wildman–Crippen MR) is 142 cm³/mol. The molecule has 0 fully saturated rings. The standard InChI is InChI=1S/C29H40O8/c1-36-20-15-23(32)28-24(33)18-26(37-27(28)16-20)21-17-22(31)25(34)19-29(21,35)13-11-9-7-5-3-2-4-6-8-10-12-14-30/h15-19,21,30-32,34-35H,2-14H2,1H3. The first kappa shape index (κ1) is 28.6. The highest BCUT2D eigenvalue weighted by Crippen LogP contribution is 2.41. The summed E-state index contributed by atoms with van der Waals surface area (Å²) in [4.78, 5) is 12.8. The number of aromatic hydroxyl groups is 1. The molecule has 1 aromatic carbocycles. The molecule has 0 aliphatic heterocycles. The Labute approximate surface area is 217 Å². The molecule has 0 spiro atoms. The van der Waals surface area contributed by atoms with Crippen LogP contribution >= 0.6 is 0 Å². The lowest BCUT2D eigenvalue weighted by Gasteiger charge is -2.34. The molecule has 1 heterocycles. The number of aliphatic hydroxyl groups is 4. The molecule has 1 aliphatic rings. The molecule has 3 rings (SSSR count). The zero-order chi connectivity index (χ0) is 26.8. The summed E-state index contributed by atoms with van der Waals surface area (Å²) >= 11 is 0. The normalized spacial score (nSPS) is 19.6. The van der Waals surface area contributed by atoms with Gasteiger partial charge in [-0.15, -0.1) is 0 Å². The number of rotatable bonds is 15. The Balaban J connectivity index is 1.62. The monoisotopic (exact) mass is 516 g/mol. The van der Waals surface area contributed by atoms with Gasteiger partial charge in [-0.25, -0.2) is 0 Å². The Hall–Kier alpha value is -2.97. The third-order valence-electron chi connectivity index (χ3n) is 7.09. The van der Waals surface area contributed by atoms with E-state index in [0.717, 1.165) is 32.1 Å². The number of unbranched alkanes of at least 4 members (excludes halogenated alkanes) is 10. The zero-order valence-corrected chi connectivity index (χ0v) is 21.6. The maximum atomic E-state index is 12.8.